The molecule has 1 aromatic carbocycles. The molecule has 1 fully saturated rings. The lowest BCUT2D eigenvalue weighted by atomic mass is 9.89. The zero-order valence-electron chi connectivity index (χ0n) is 16.0. The normalized spacial score (nSPS) is 18.3. The van der Waals surface area contributed by atoms with Crippen LogP contribution >= 0.6 is 0 Å². The zero-order chi connectivity index (χ0) is 19.5. The van der Waals surface area contributed by atoms with Gasteiger partial charge in [0.1, 0.15) is 6.61 Å². The van der Waals surface area contributed by atoms with Crippen LogP contribution in [-0.2, 0) is 19.9 Å². The van der Waals surface area contributed by atoms with Crippen molar-refractivity contribution in [3.63, 3.8) is 0 Å². The summed E-state index contributed by atoms with van der Waals surface area (Å²) in [5, 5.41) is 19.2. The van der Waals surface area contributed by atoms with Crippen LogP contribution in [0.3, 0.4) is 0 Å². The number of hydrogen-bond donors (Lipinski definition) is 2. The van der Waals surface area contributed by atoms with Crippen molar-refractivity contribution in [2.24, 2.45) is 0 Å². The molecule has 26 heavy (non-hydrogen) atoms. The van der Waals surface area contributed by atoms with Crippen molar-refractivity contribution < 1.29 is 24.5 Å². The molecule has 1 atom stereocenters. The van der Waals surface area contributed by atoms with E-state index in [4.69, 9.17) is 9.84 Å². The Bertz CT molecular complexity index is 678. The molecule has 2 rings (SSSR count). The molecule has 1 aliphatic rings. The van der Waals surface area contributed by atoms with Crippen molar-refractivity contribution in [2.45, 2.75) is 65.0 Å². The number of aliphatic hydroxyl groups is 1. The second-order valence-corrected chi connectivity index (χ2v) is 7.54. The third-order valence-electron chi connectivity index (χ3n) is 4.97. The number of carbonyl (C=O) groups is 2. The Morgan fingerprint density at radius 1 is 1.35 bits per heavy atom. The Morgan fingerprint density at radius 3 is 2.65 bits per heavy atom. The number of aliphatic carboxylic acids is 1. The first-order valence-corrected chi connectivity index (χ1v) is 9.07. The average Bonchev–Trinajstić information content (AvgIpc) is 2.53. The molecule has 0 radical (unpaired) electrons. The molecule has 0 aliphatic carbocycles. The van der Waals surface area contributed by atoms with Gasteiger partial charge in [0.2, 0.25) is 5.91 Å². The summed E-state index contributed by atoms with van der Waals surface area (Å²) >= 11 is 0. The van der Waals surface area contributed by atoms with E-state index in [9.17, 15) is 14.7 Å². The van der Waals surface area contributed by atoms with Crippen LogP contribution in [0.1, 0.15) is 56.2 Å². The molecule has 6 nitrogen and oxygen atoms in total. The summed E-state index contributed by atoms with van der Waals surface area (Å²) in [4.78, 5) is 25.0. The number of aryl methyl sites for hydroxylation is 1. The van der Waals surface area contributed by atoms with Gasteiger partial charge in [0.15, 0.2) is 0 Å². The van der Waals surface area contributed by atoms with Crippen LogP contribution < -0.4 is 4.90 Å². The standard InChI is InChI=1S/C20H29NO5/c1-13-10-16(11-17(14(13)2)20(3,4)25)21-15(6-5-7-18(21)22)8-9-26-12-19(23)24/h10-11,15,25H,5-9,12H2,1-4H3,(H,23,24). The van der Waals surface area contributed by atoms with Crippen molar-refractivity contribution in [1.82, 2.24) is 0 Å². The Morgan fingerprint density at radius 2 is 2.04 bits per heavy atom. The first kappa shape index (κ1) is 20.4. The topological polar surface area (TPSA) is 87.1 Å². The molecule has 1 amide bonds. The third-order valence-corrected chi connectivity index (χ3v) is 4.97. The fourth-order valence-corrected chi connectivity index (χ4v) is 3.56. The fraction of sp³-hybridized carbons (Fsp3) is 0.600. The summed E-state index contributed by atoms with van der Waals surface area (Å²) in [6, 6.07) is 3.86. The maximum Gasteiger partial charge on any atom is 0.329 e. The Kier molecular flexibility index (Phi) is 6.42. The first-order chi connectivity index (χ1) is 12.1. The highest BCUT2D eigenvalue weighted by Gasteiger charge is 2.31. The van der Waals surface area contributed by atoms with Crippen molar-refractivity contribution in [3.8, 4) is 0 Å². The third kappa shape index (κ3) is 4.83. The fourth-order valence-electron chi connectivity index (χ4n) is 3.56. The zero-order valence-corrected chi connectivity index (χ0v) is 16.0. The van der Waals surface area contributed by atoms with E-state index < -0.39 is 11.6 Å². The minimum absolute atomic E-state index is 0.0261. The SMILES string of the molecule is Cc1cc(N2C(=O)CCCC2CCOCC(=O)O)cc(C(C)(C)O)c1C. The van der Waals surface area contributed by atoms with Gasteiger partial charge in [-0.3, -0.25) is 4.79 Å². The molecule has 0 saturated carbocycles. The Hall–Kier alpha value is -1.92. The first-order valence-electron chi connectivity index (χ1n) is 9.07. The molecule has 1 aliphatic heterocycles. The van der Waals surface area contributed by atoms with Gasteiger partial charge in [0.25, 0.3) is 0 Å². The smallest absolute Gasteiger partial charge is 0.329 e. The lowest BCUT2D eigenvalue weighted by Crippen LogP contribution is -2.44. The maximum atomic E-state index is 12.6. The number of piperidine rings is 1. The van der Waals surface area contributed by atoms with Crippen LogP contribution in [0.4, 0.5) is 5.69 Å². The van der Waals surface area contributed by atoms with Crippen molar-refractivity contribution in [3.05, 3.63) is 28.8 Å². The monoisotopic (exact) mass is 363 g/mol. The highest BCUT2D eigenvalue weighted by Crippen LogP contribution is 2.34. The number of benzene rings is 1. The predicted octanol–water partition coefficient (Wildman–Crippen LogP) is 2.91. The van der Waals surface area contributed by atoms with Crippen LogP contribution in [0, 0.1) is 13.8 Å². The molecular weight excluding hydrogens is 334 g/mol. The molecule has 0 bridgehead atoms. The molecule has 1 saturated heterocycles. The minimum atomic E-state index is -0.996. The summed E-state index contributed by atoms with van der Waals surface area (Å²) in [6.07, 6.45) is 2.76. The minimum Gasteiger partial charge on any atom is -0.480 e. The molecule has 1 unspecified atom stereocenters. The van der Waals surface area contributed by atoms with Crippen molar-refractivity contribution in [1.29, 1.82) is 0 Å². The van der Waals surface area contributed by atoms with E-state index in [1.54, 1.807) is 18.7 Å². The number of carboxylic acids is 1. The maximum absolute atomic E-state index is 12.6. The molecule has 0 aromatic heterocycles. The number of rotatable bonds is 7. The predicted molar refractivity (Wildman–Crippen MR) is 99.4 cm³/mol. The second kappa shape index (κ2) is 8.18. The summed E-state index contributed by atoms with van der Waals surface area (Å²) in [6.45, 7) is 7.41. The van der Waals surface area contributed by atoms with Crippen molar-refractivity contribution >= 4 is 17.6 Å². The molecule has 2 N–H and O–H groups in total. The van der Waals surface area contributed by atoms with Gasteiger partial charge in [-0.1, -0.05) is 0 Å². The number of carboxylic acid groups (broad SMARTS) is 1. The Labute approximate surface area is 154 Å². The molecule has 6 heteroatoms. The number of carbonyl (C=O) groups excluding carboxylic acids is 1. The van der Waals surface area contributed by atoms with E-state index in [0.717, 1.165) is 35.2 Å². The quantitative estimate of drug-likeness (QED) is 0.728. The van der Waals surface area contributed by atoms with E-state index in [1.807, 2.05) is 26.0 Å². The van der Waals surface area contributed by atoms with Gasteiger partial charge in [-0.25, -0.2) is 4.79 Å². The largest absolute Gasteiger partial charge is 0.480 e. The van der Waals surface area contributed by atoms with Crippen LogP contribution in [-0.4, -0.2) is 41.3 Å². The van der Waals surface area contributed by atoms with Gasteiger partial charge in [-0.2, -0.15) is 0 Å². The van der Waals surface area contributed by atoms with Gasteiger partial charge in [0.05, 0.1) is 5.60 Å². The molecule has 1 heterocycles. The van der Waals surface area contributed by atoms with E-state index in [0.29, 0.717) is 19.4 Å². The highest BCUT2D eigenvalue weighted by molar-refractivity contribution is 5.95. The van der Waals surface area contributed by atoms with Crippen molar-refractivity contribution in [2.75, 3.05) is 18.1 Å². The molecule has 0 spiro atoms. The summed E-state index contributed by atoms with van der Waals surface area (Å²) in [5.41, 5.74) is 2.65. The Balaban J connectivity index is 2.28. The van der Waals surface area contributed by atoms with Crippen LogP contribution in [0.25, 0.3) is 0 Å². The van der Waals surface area contributed by atoms with Gasteiger partial charge in [-0.15, -0.1) is 0 Å². The molecular formula is C20H29NO5. The van der Waals surface area contributed by atoms with E-state index in [-0.39, 0.29) is 18.6 Å². The summed E-state index contributed by atoms with van der Waals surface area (Å²) in [5.74, 6) is -0.935. The van der Waals surface area contributed by atoms with E-state index in [2.05, 4.69) is 0 Å². The number of amides is 1. The highest BCUT2D eigenvalue weighted by atomic mass is 16.5. The van der Waals surface area contributed by atoms with E-state index >= 15 is 0 Å². The molecule has 144 valence electrons. The van der Waals surface area contributed by atoms with Gasteiger partial charge in [0, 0.05) is 24.8 Å². The lowest BCUT2D eigenvalue weighted by Gasteiger charge is -2.37. The van der Waals surface area contributed by atoms with Crippen LogP contribution in [0.15, 0.2) is 12.1 Å². The van der Waals surface area contributed by atoms with Gasteiger partial charge < -0.3 is 19.8 Å². The number of anilines is 1. The molecule has 1 aromatic rings. The van der Waals surface area contributed by atoms with Crippen LogP contribution in [0.5, 0.6) is 0 Å². The van der Waals surface area contributed by atoms with Gasteiger partial charge in [-0.05, 0) is 75.8 Å². The van der Waals surface area contributed by atoms with E-state index in [1.165, 1.54) is 0 Å². The number of nitrogens with zero attached hydrogens (tertiary/aromatic N) is 1. The van der Waals surface area contributed by atoms with Gasteiger partial charge >= 0.3 is 5.97 Å². The summed E-state index contributed by atoms with van der Waals surface area (Å²) in [7, 11) is 0. The number of ether oxygens (including phenoxy) is 1. The second-order valence-electron chi connectivity index (χ2n) is 7.54. The average molecular weight is 363 g/mol. The van der Waals surface area contributed by atoms with Crippen LogP contribution in [0.2, 0.25) is 0 Å². The summed E-state index contributed by atoms with van der Waals surface area (Å²) < 4.78 is 5.16. The lowest BCUT2D eigenvalue weighted by molar-refractivity contribution is -0.142. The number of hydrogen-bond acceptors (Lipinski definition) is 4.